The Hall–Kier alpha value is -2.02. The number of hydrogen-bond donors (Lipinski definition) is 2. The van der Waals surface area contributed by atoms with Crippen molar-refractivity contribution in [3.05, 3.63) is 29.7 Å². The van der Waals surface area contributed by atoms with Crippen LogP contribution in [0.5, 0.6) is 5.88 Å². The van der Waals surface area contributed by atoms with Gasteiger partial charge in [0, 0.05) is 18.8 Å². The molecule has 2 aromatic heterocycles. The van der Waals surface area contributed by atoms with Gasteiger partial charge in [0.05, 0.1) is 13.7 Å². The SMILES string of the molecule is COc1ccc(CNCc2nn[nH]n2)cn1. The Morgan fingerprint density at radius 2 is 2.31 bits per heavy atom. The molecule has 0 saturated carbocycles. The zero-order valence-corrected chi connectivity index (χ0v) is 8.84. The summed E-state index contributed by atoms with van der Waals surface area (Å²) in [4.78, 5) is 4.10. The number of hydrogen-bond acceptors (Lipinski definition) is 6. The molecule has 2 heterocycles. The third kappa shape index (κ3) is 2.74. The third-order valence-electron chi connectivity index (χ3n) is 2.01. The van der Waals surface area contributed by atoms with E-state index in [9.17, 15) is 0 Å². The fourth-order valence-electron chi connectivity index (χ4n) is 1.21. The molecule has 0 aromatic carbocycles. The second-order valence-corrected chi connectivity index (χ2v) is 3.14. The van der Waals surface area contributed by atoms with Gasteiger partial charge in [-0.15, -0.1) is 10.2 Å². The number of nitrogens with zero attached hydrogens (tertiary/aromatic N) is 4. The van der Waals surface area contributed by atoms with Gasteiger partial charge < -0.3 is 10.1 Å². The molecule has 7 heteroatoms. The lowest BCUT2D eigenvalue weighted by Gasteiger charge is -2.03. The van der Waals surface area contributed by atoms with Crippen LogP contribution in [0.3, 0.4) is 0 Å². The lowest BCUT2D eigenvalue weighted by Crippen LogP contribution is -2.13. The minimum absolute atomic E-state index is 0.572. The Kier molecular flexibility index (Phi) is 3.39. The molecule has 0 aliphatic carbocycles. The molecule has 7 nitrogen and oxygen atoms in total. The molecule has 84 valence electrons. The summed E-state index contributed by atoms with van der Waals surface area (Å²) < 4.78 is 4.97. The molecule has 0 aliphatic rings. The summed E-state index contributed by atoms with van der Waals surface area (Å²) in [6, 6.07) is 3.78. The molecule has 16 heavy (non-hydrogen) atoms. The summed E-state index contributed by atoms with van der Waals surface area (Å²) in [5, 5.41) is 16.7. The normalized spacial score (nSPS) is 10.3. The van der Waals surface area contributed by atoms with Gasteiger partial charge in [0.25, 0.3) is 0 Å². The van der Waals surface area contributed by atoms with Gasteiger partial charge in [-0.3, -0.25) is 0 Å². The van der Waals surface area contributed by atoms with E-state index in [0.717, 1.165) is 5.56 Å². The Labute approximate surface area is 92.2 Å². The lowest BCUT2D eigenvalue weighted by molar-refractivity contribution is 0.397. The molecule has 0 bridgehead atoms. The molecule has 2 N–H and O–H groups in total. The third-order valence-corrected chi connectivity index (χ3v) is 2.01. The number of nitrogens with one attached hydrogen (secondary N) is 2. The highest BCUT2D eigenvalue weighted by molar-refractivity contribution is 5.17. The van der Waals surface area contributed by atoms with E-state index in [1.54, 1.807) is 13.3 Å². The van der Waals surface area contributed by atoms with E-state index in [1.807, 2.05) is 12.1 Å². The van der Waals surface area contributed by atoms with Gasteiger partial charge in [-0.25, -0.2) is 4.98 Å². The molecule has 0 saturated heterocycles. The zero-order chi connectivity index (χ0) is 11.2. The molecular formula is C9H12N6O. The van der Waals surface area contributed by atoms with Crippen molar-refractivity contribution in [2.75, 3.05) is 7.11 Å². The fourth-order valence-corrected chi connectivity index (χ4v) is 1.21. The number of ether oxygens (including phenoxy) is 1. The first-order valence-electron chi connectivity index (χ1n) is 4.80. The van der Waals surface area contributed by atoms with Crippen LogP contribution in [0.1, 0.15) is 11.4 Å². The van der Waals surface area contributed by atoms with E-state index in [4.69, 9.17) is 4.74 Å². The maximum Gasteiger partial charge on any atom is 0.212 e. The van der Waals surface area contributed by atoms with Gasteiger partial charge in [0.2, 0.25) is 5.88 Å². The quantitative estimate of drug-likeness (QED) is 0.731. The lowest BCUT2D eigenvalue weighted by atomic mass is 10.3. The Bertz CT molecular complexity index is 412. The second kappa shape index (κ2) is 5.17. The van der Waals surface area contributed by atoms with E-state index >= 15 is 0 Å². The van der Waals surface area contributed by atoms with E-state index in [2.05, 4.69) is 30.9 Å². The van der Waals surface area contributed by atoms with Crippen LogP contribution < -0.4 is 10.1 Å². The highest BCUT2D eigenvalue weighted by Crippen LogP contribution is 2.06. The van der Waals surface area contributed by atoms with Gasteiger partial charge in [-0.05, 0) is 5.56 Å². The minimum Gasteiger partial charge on any atom is -0.481 e. The van der Waals surface area contributed by atoms with Crippen LogP contribution in [0.4, 0.5) is 0 Å². The molecule has 2 rings (SSSR count). The molecule has 0 atom stereocenters. The van der Waals surface area contributed by atoms with Gasteiger partial charge in [0.15, 0.2) is 5.82 Å². The Balaban J connectivity index is 1.81. The number of aromatic amines is 1. The first kappa shape index (κ1) is 10.5. The number of tetrazole rings is 1. The monoisotopic (exact) mass is 220 g/mol. The average molecular weight is 220 g/mol. The molecule has 0 spiro atoms. The molecule has 0 radical (unpaired) electrons. The van der Waals surface area contributed by atoms with Crippen LogP contribution in [-0.4, -0.2) is 32.7 Å². The molecule has 0 aliphatic heterocycles. The van der Waals surface area contributed by atoms with E-state index in [0.29, 0.717) is 24.8 Å². The van der Waals surface area contributed by atoms with Crippen molar-refractivity contribution in [2.24, 2.45) is 0 Å². The van der Waals surface area contributed by atoms with Crippen molar-refractivity contribution in [2.45, 2.75) is 13.1 Å². The number of methoxy groups -OCH3 is 1. The predicted octanol–water partition coefficient (Wildman–Crippen LogP) is -0.107. The van der Waals surface area contributed by atoms with Crippen LogP contribution in [0, 0.1) is 0 Å². The Morgan fingerprint density at radius 3 is 2.94 bits per heavy atom. The van der Waals surface area contributed by atoms with Gasteiger partial charge in [0.1, 0.15) is 0 Å². The summed E-state index contributed by atoms with van der Waals surface area (Å²) in [7, 11) is 1.59. The summed E-state index contributed by atoms with van der Waals surface area (Å²) in [6.07, 6.45) is 1.77. The molecular weight excluding hydrogens is 208 g/mol. The van der Waals surface area contributed by atoms with Crippen molar-refractivity contribution in [3.63, 3.8) is 0 Å². The van der Waals surface area contributed by atoms with Crippen LogP contribution >= 0.6 is 0 Å². The van der Waals surface area contributed by atoms with E-state index < -0.39 is 0 Å². The standard InChI is InChI=1S/C9H12N6O/c1-16-9-3-2-7(5-11-9)4-10-6-8-12-14-15-13-8/h2-3,5,10H,4,6H2,1H3,(H,12,13,14,15). The average Bonchev–Trinajstić information content (AvgIpc) is 2.83. The first-order valence-corrected chi connectivity index (χ1v) is 4.80. The molecule has 0 amide bonds. The van der Waals surface area contributed by atoms with Crippen LogP contribution in [0.15, 0.2) is 18.3 Å². The van der Waals surface area contributed by atoms with Crippen molar-refractivity contribution in [1.29, 1.82) is 0 Å². The van der Waals surface area contributed by atoms with Gasteiger partial charge in [-0.2, -0.15) is 5.21 Å². The van der Waals surface area contributed by atoms with Gasteiger partial charge >= 0.3 is 0 Å². The Morgan fingerprint density at radius 1 is 1.38 bits per heavy atom. The van der Waals surface area contributed by atoms with Crippen LogP contribution in [0.2, 0.25) is 0 Å². The summed E-state index contributed by atoms with van der Waals surface area (Å²) >= 11 is 0. The number of H-pyrrole nitrogens is 1. The number of rotatable bonds is 5. The summed E-state index contributed by atoms with van der Waals surface area (Å²) in [5.74, 6) is 1.25. The van der Waals surface area contributed by atoms with Crippen molar-refractivity contribution in [3.8, 4) is 5.88 Å². The van der Waals surface area contributed by atoms with Crippen molar-refractivity contribution >= 4 is 0 Å². The van der Waals surface area contributed by atoms with Crippen molar-refractivity contribution < 1.29 is 4.74 Å². The second-order valence-electron chi connectivity index (χ2n) is 3.14. The highest BCUT2D eigenvalue weighted by Gasteiger charge is 1.98. The first-order chi connectivity index (χ1) is 7.88. The van der Waals surface area contributed by atoms with Gasteiger partial charge in [-0.1, -0.05) is 11.3 Å². The van der Waals surface area contributed by atoms with Crippen LogP contribution in [0.25, 0.3) is 0 Å². The minimum atomic E-state index is 0.572. The van der Waals surface area contributed by atoms with E-state index in [1.165, 1.54) is 0 Å². The highest BCUT2D eigenvalue weighted by atomic mass is 16.5. The topological polar surface area (TPSA) is 88.6 Å². The van der Waals surface area contributed by atoms with Crippen molar-refractivity contribution in [1.82, 2.24) is 30.9 Å². The largest absolute Gasteiger partial charge is 0.481 e. The van der Waals surface area contributed by atoms with E-state index in [-0.39, 0.29) is 0 Å². The fraction of sp³-hybridized carbons (Fsp3) is 0.333. The van der Waals surface area contributed by atoms with Crippen LogP contribution in [-0.2, 0) is 13.1 Å². The predicted molar refractivity (Wildman–Crippen MR) is 55.5 cm³/mol. The number of pyridine rings is 1. The maximum absolute atomic E-state index is 4.97. The smallest absolute Gasteiger partial charge is 0.212 e. The summed E-state index contributed by atoms with van der Waals surface area (Å²) in [6.45, 7) is 1.27. The molecule has 2 aromatic rings. The zero-order valence-electron chi connectivity index (χ0n) is 8.84. The summed E-state index contributed by atoms with van der Waals surface area (Å²) in [5.41, 5.74) is 1.07. The number of aromatic nitrogens is 5. The molecule has 0 unspecified atom stereocenters. The maximum atomic E-state index is 4.97. The molecule has 0 fully saturated rings.